The summed E-state index contributed by atoms with van der Waals surface area (Å²) < 4.78 is 0. The zero-order valence-corrected chi connectivity index (χ0v) is 10.4. The molecule has 1 aromatic rings. The number of rotatable bonds is 3. The molecule has 0 heterocycles. The van der Waals surface area contributed by atoms with Crippen molar-refractivity contribution in [2.24, 2.45) is 0 Å². The minimum Gasteiger partial charge on any atom is -0.481 e. The lowest BCUT2D eigenvalue weighted by atomic mass is 10.0. The standard InChI is InChI=1S/C13H15ClO2/c1-8(4-5-13(15)16)11-6-9(2)10(3)7-12(11)14/h4,6-7H,5H2,1-3H3,(H,15,16)/b8-4+. The summed E-state index contributed by atoms with van der Waals surface area (Å²) in [5.74, 6) is -0.834. The highest BCUT2D eigenvalue weighted by Crippen LogP contribution is 2.27. The molecule has 0 aromatic heterocycles. The second-order valence-corrected chi connectivity index (χ2v) is 4.31. The Morgan fingerprint density at radius 2 is 1.94 bits per heavy atom. The highest BCUT2D eigenvalue weighted by molar-refractivity contribution is 6.32. The zero-order valence-electron chi connectivity index (χ0n) is 9.67. The number of aryl methyl sites for hydroxylation is 2. The summed E-state index contributed by atoms with van der Waals surface area (Å²) in [7, 11) is 0. The fourth-order valence-corrected chi connectivity index (χ4v) is 1.80. The SMILES string of the molecule is C/C(=C\CC(=O)O)c1cc(C)c(C)cc1Cl. The first-order valence-corrected chi connectivity index (χ1v) is 5.45. The van der Waals surface area contributed by atoms with Crippen LogP contribution in [-0.4, -0.2) is 11.1 Å². The van der Waals surface area contributed by atoms with E-state index >= 15 is 0 Å². The highest BCUT2D eigenvalue weighted by Gasteiger charge is 2.05. The van der Waals surface area contributed by atoms with Gasteiger partial charge in [-0.2, -0.15) is 0 Å². The first-order valence-electron chi connectivity index (χ1n) is 5.07. The molecular formula is C13H15ClO2. The summed E-state index contributed by atoms with van der Waals surface area (Å²) in [5, 5.41) is 9.27. The van der Waals surface area contributed by atoms with Gasteiger partial charge >= 0.3 is 5.97 Å². The Kier molecular flexibility index (Phi) is 4.13. The predicted octanol–water partition coefficient (Wildman–Crippen LogP) is 3.83. The van der Waals surface area contributed by atoms with Crippen molar-refractivity contribution in [3.05, 3.63) is 39.9 Å². The van der Waals surface area contributed by atoms with Crippen LogP contribution in [0.1, 0.15) is 30.0 Å². The van der Waals surface area contributed by atoms with Gasteiger partial charge in [-0.3, -0.25) is 4.79 Å². The van der Waals surface area contributed by atoms with Crippen molar-refractivity contribution in [2.75, 3.05) is 0 Å². The van der Waals surface area contributed by atoms with Gasteiger partial charge in [0, 0.05) is 5.02 Å². The summed E-state index contributed by atoms with van der Waals surface area (Å²) in [4.78, 5) is 10.5. The van der Waals surface area contributed by atoms with Gasteiger partial charge in [0.2, 0.25) is 0 Å². The molecule has 0 spiro atoms. The topological polar surface area (TPSA) is 37.3 Å². The molecule has 0 amide bonds. The molecule has 1 rings (SSSR count). The zero-order chi connectivity index (χ0) is 12.3. The monoisotopic (exact) mass is 238 g/mol. The van der Waals surface area contributed by atoms with Crippen LogP contribution in [0.2, 0.25) is 5.02 Å². The van der Waals surface area contributed by atoms with E-state index in [2.05, 4.69) is 0 Å². The van der Waals surface area contributed by atoms with Crippen molar-refractivity contribution < 1.29 is 9.90 Å². The molecule has 1 aromatic carbocycles. The van der Waals surface area contributed by atoms with Crippen LogP contribution in [0.25, 0.3) is 5.57 Å². The average Bonchev–Trinajstić information content (AvgIpc) is 2.20. The molecule has 0 atom stereocenters. The maximum atomic E-state index is 10.5. The van der Waals surface area contributed by atoms with Gasteiger partial charge < -0.3 is 5.11 Å². The maximum absolute atomic E-state index is 10.5. The van der Waals surface area contributed by atoms with Crippen molar-refractivity contribution >= 4 is 23.1 Å². The Bertz CT molecular complexity index is 447. The Morgan fingerprint density at radius 3 is 2.50 bits per heavy atom. The fourth-order valence-electron chi connectivity index (χ4n) is 1.43. The second-order valence-electron chi connectivity index (χ2n) is 3.90. The first kappa shape index (κ1) is 12.8. The third-order valence-corrected chi connectivity index (χ3v) is 2.90. The minimum atomic E-state index is -0.834. The lowest BCUT2D eigenvalue weighted by molar-refractivity contribution is -0.135. The van der Waals surface area contributed by atoms with E-state index < -0.39 is 5.97 Å². The Labute approximate surface area is 101 Å². The van der Waals surface area contributed by atoms with Crippen LogP contribution in [0.4, 0.5) is 0 Å². The van der Waals surface area contributed by atoms with Gasteiger partial charge in [0.15, 0.2) is 0 Å². The number of halogens is 1. The van der Waals surface area contributed by atoms with Crippen LogP contribution in [0.3, 0.4) is 0 Å². The van der Waals surface area contributed by atoms with Gasteiger partial charge in [0.1, 0.15) is 0 Å². The number of carbonyl (C=O) groups is 1. The Morgan fingerprint density at radius 1 is 1.38 bits per heavy atom. The van der Waals surface area contributed by atoms with Crippen LogP contribution >= 0.6 is 11.6 Å². The summed E-state index contributed by atoms with van der Waals surface area (Å²) in [6.45, 7) is 5.89. The van der Waals surface area contributed by atoms with Crippen molar-refractivity contribution in [3.8, 4) is 0 Å². The van der Waals surface area contributed by atoms with Crippen LogP contribution in [-0.2, 0) is 4.79 Å². The molecule has 0 aliphatic rings. The maximum Gasteiger partial charge on any atom is 0.307 e. The number of carboxylic acid groups (broad SMARTS) is 1. The molecule has 0 radical (unpaired) electrons. The van der Waals surface area contributed by atoms with E-state index in [1.54, 1.807) is 6.08 Å². The van der Waals surface area contributed by atoms with Crippen molar-refractivity contribution in [2.45, 2.75) is 27.2 Å². The molecule has 0 fully saturated rings. The van der Waals surface area contributed by atoms with Crippen LogP contribution < -0.4 is 0 Å². The molecule has 86 valence electrons. The van der Waals surface area contributed by atoms with Gasteiger partial charge in [-0.1, -0.05) is 23.7 Å². The fraction of sp³-hybridized carbons (Fsp3) is 0.308. The van der Waals surface area contributed by atoms with Crippen molar-refractivity contribution in [1.29, 1.82) is 0 Å². The molecule has 0 saturated carbocycles. The lowest BCUT2D eigenvalue weighted by Gasteiger charge is -2.08. The Hall–Kier alpha value is -1.28. The van der Waals surface area contributed by atoms with E-state index in [9.17, 15) is 4.79 Å². The van der Waals surface area contributed by atoms with Gasteiger partial charge in [0.05, 0.1) is 6.42 Å². The minimum absolute atomic E-state index is 0.0229. The molecule has 1 N–H and O–H groups in total. The number of hydrogen-bond acceptors (Lipinski definition) is 1. The van der Waals surface area contributed by atoms with Crippen LogP contribution in [0.5, 0.6) is 0 Å². The van der Waals surface area contributed by atoms with E-state index in [-0.39, 0.29) is 6.42 Å². The van der Waals surface area contributed by atoms with Crippen LogP contribution in [0, 0.1) is 13.8 Å². The number of carboxylic acids is 1. The molecule has 0 aliphatic heterocycles. The third-order valence-electron chi connectivity index (χ3n) is 2.59. The summed E-state index contributed by atoms with van der Waals surface area (Å²) >= 11 is 6.12. The van der Waals surface area contributed by atoms with Crippen molar-refractivity contribution in [1.82, 2.24) is 0 Å². The second kappa shape index (κ2) is 5.17. The van der Waals surface area contributed by atoms with E-state index in [0.717, 1.165) is 22.3 Å². The van der Waals surface area contributed by atoms with Crippen LogP contribution in [0.15, 0.2) is 18.2 Å². The number of aliphatic carboxylic acids is 1. The molecule has 0 bridgehead atoms. The molecular weight excluding hydrogens is 224 g/mol. The van der Waals surface area contributed by atoms with E-state index in [1.807, 2.05) is 32.9 Å². The number of benzene rings is 1. The smallest absolute Gasteiger partial charge is 0.307 e. The molecule has 0 unspecified atom stereocenters. The highest BCUT2D eigenvalue weighted by atomic mass is 35.5. The third kappa shape index (κ3) is 3.11. The largest absolute Gasteiger partial charge is 0.481 e. The molecule has 0 saturated heterocycles. The van der Waals surface area contributed by atoms with Crippen molar-refractivity contribution in [3.63, 3.8) is 0 Å². The summed E-state index contributed by atoms with van der Waals surface area (Å²) in [6.07, 6.45) is 1.70. The normalized spacial score (nSPS) is 11.6. The molecule has 16 heavy (non-hydrogen) atoms. The summed E-state index contributed by atoms with van der Waals surface area (Å²) in [5.41, 5.74) is 4.10. The molecule has 2 nitrogen and oxygen atoms in total. The van der Waals surface area contributed by atoms with E-state index in [0.29, 0.717) is 5.02 Å². The van der Waals surface area contributed by atoms with Gasteiger partial charge in [-0.15, -0.1) is 0 Å². The van der Waals surface area contributed by atoms with E-state index in [1.165, 1.54) is 0 Å². The molecule has 3 heteroatoms. The number of hydrogen-bond donors (Lipinski definition) is 1. The van der Waals surface area contributed by atoms with Gasteiger partial charge in [0.25, 0.3) is 0 Å². The van der Waals surface area contributed by atoms with E-state index in [4.69, 9.17) is 16.7 Å². The summed E-state index contributed by atoms with van der Waals surface area (Å²) in [6, 6.07) is 3.90. The molecule has 0 aliphatic carbocycles. The van der Waals surface area contributed by atoms with Gasteiger partial charge in [-0.25, -0.2) is 0 Å². The first-order chi connectivity index (χ1) is 7.41. The average molecular weight is 239 g/mol. The number of allylic oxidation sites excluding steroid dienone is 1. The quantitative estimate of drug-likeness (QED) is 0.869. The predicted molar refractivity (Wildman–Crippen MR) is 66.8 cm³/mol. The Balaban J connectivity index is 3.08. The van der Waals surface area contributed by atoms with Gasteiger partial charge in [-0.05, 0) is 49.1 Å². The lowest BCUT2D eigenvalue weighted by Crippen LogP contribution is -1.92.